The molecule has 0 radical (unpaired) electrons. The number of hydrogen-bond donors (Lipinski definition) is 2. The number of carboxylic acids is 1. The largest absolute Gasteiger partial charge is 0.479 e. The number of carbonyl (C=O) groups is 2. The summed E-state index contributed by atoms with van der Waals surface area (Å²) in [7, 11) is 3.25. The van der Waals surface area contributed by atoms with Crippen LogP contribution in [0.5, 0.6) is 0 Å². The third-order valence-electron chi connectivity index (χ3n) is 2.29. The molecule has 2 atom stereocenters. The van der Waals surface area contributed by atoms with Gasteiger partial charge >= 0.3 is 5.97 Å². The maximum absolute atomic E-state index is 11.1. The van der Waals surface area contributed by atoms with Crippen molar-refractivity contribution in [2.24, 2.45) is 0 Å². The zero-order chi connectivity index (χ0) is 13.0. The Kier molecular flexibility index (Phi) is 4.47. The fourth-order valence-corrected chi connectivity index (χ4v) is 1.66. The first-order valence-electron chi connectivity index (χ1n) is 4.98. The molecule has 2 N–H and O–H groups in total. The third kappa shape index (κ3) is 2.56. The van der Waals surface area contributed by atoms with E-state index in [0.717, 1.165) is 0 Å². The van der Waals surface area contributed by atoms with E-state index in [1.807, 2.05) is 0 Å². The lowest BCUT2D eigenvalue weighted by Crippen LogP contribution is -2.54. The minimum Gasteiger partial charge on any atom is -0.479 e. The summed E-state index contributed by atoms with van der Waals surface area (Å²) in [5.74, 6) is -1.22. The molecule has 0 aromatic rings. The monoisotopic (exact) mass is 245 g/mol. The summed E-state index contributed by atoms with van der Waals surface area (Å²) < 4.78 is 9.42. The van der Waals surface area contributed by atoms with E-state index in [-0.39, 0.29) is 24.7 Å². The fourth-order valence-electron chi connectivity index (χ4n) is 1.66. The Morgan fingerprint density at radius 2 is 2.24 bits per heavy atom. The lowest BCUT2D eigenvalue weighted by molar-refractivity contribution is -0.163. The first-order chi connectivity index (χ1) is 8.06. The normalized spacial score (nSPS) is 27.8. The fraction of sp³-hybridized carbons (Fsp3) is 0.600. The van der Waals surface area contributed by atoms with E-state index < -0.39 is 18.2 Å². The predicted molar refractivity (Wildman–Crippen MR) is 55.9 cm³/mol. The highest BCUT2D eigenvalue weighted by atomic mass is 16.5. The number of β-lactam (4-membered cyclic amide) rings is 1. The second kappa shape index (κ2) is 5.65. The Morgan fingerprint density at radius 3 is 2.65 bits per heavy atom. The van der Waals surface area contributed by atoms with Gasteiger partial charge < -0.3 is 19.7 Å². The van der Waals surface area contributed by atoms with Crippen LogP contribution in [-0.2, 0) is 19.1 Å². The standard InChI is InChI=1S/C8H9NO5.C2H6O/c10-2-1-4-7(8(12)13)9-5(11)3-6(9)14-4;1-3-2/h1,6-7,10H,2-3H2,(H,12,13);1-2H3/b4-1-;/t6-,7-;/m1./s1. The van der Waals surface area contributed by atoms with E-state index in [1.165, 1.54) is 11.0 Å². The van der Waals surface area contributed by atoms with Crippen molar-refractivity contribution in [2.45, 2.75) is 18.7 Å². The Morgan fingerprint density at radius 1 is 1.65 bits per heavy atom. The van der Waals surface area contributed by atoms with E-state index in [1.54, 1.807) is 14.2 Å². The van der Waals surface area contributed by atoms with E-state index in [9.17, 15) is 9.59 Å². The zero-order valence-electron chi connectivity index (χ0n) is 9.62. The predicted octanol–water partition coefficient (Wildman–Crippen LogP) is -0.833. The lowest BCUT2D eigenvalue weighted by atomic mass is 10.1. The molecule has 0 aliphatic carbocycles. The molecule has 2 fully saturated rings. The number of nitrogens with zero attached hydrogens (tertiary/aromatic N) is 1. The zero-order valence-corrected chi connectivity index (χ0v) is 9.62. The minimum atomic E-state index is -1.14. The van der Waals surface area contributed by atoms with Crippen molar-refractivity contribution in [3.8, 4) is 0 Å². The number of carbonyl (C=O) groups excluding carboxylic acids is 1. The van der Waals surface area contributed by atoms with Gasteiger partial charge in [0, 0.05) is 14.2 Å². The maximum atomic E-state index is 11.1. The van der Waals surface area contributed by atoms with Gasteiger partial charge in [0.15, 0.2) is 12.3 Å². The van der Waals surface area contributed by atoms with Crippen molar-refractivity contribution < 1.29 is 29.3 Å². The number of fused-ring (bicyclic) bond motifs is 1. The number of ether oxygens (including phenoxy) is 2. The van der Waals surface area contributed by atoms with Crippen LogP contribution in [0.25, 0.3) is 0 Å². The van der Waals surface area contributed by atoms with Gasteiger partial charge in [-0.1, -0.05) is 0 Å². The Balaban J connectivity index is 0.000000437. The van der Waals surface area contributed by atoms with Crippen LogP contribution in [0.2, 0.25) is 0 Å². The second-order valence-electron chi connectivity index (χ2n) is 3.52. The molecule has 0 spiro atoms. The van der Waals surface area contributed by atoms with Crippen molar-refractivity contribution in [1.82, 2.24) is 4.90 Å². The Labute approximate surface area is 98.2 Å². The van der Waals surface area contributed by atoms with Crippen LogP contribution in [0.1, 0.15) is 6.42 Å². The number of aliphatic hydroxyl groups is 1. The van der Waals surface area contributed by atoms with Crippen LogP contribution in [-0.4, -0.2) is 60.1 Å². The summed E-state index contributed by atoms with van der Waals surface area (Å²) >= 11 is 0. The number of amides is 1. The molecule has 7 nitrogen and oxygen atoms in total. The van der Waals surface area contributed by atoms with Gasteiger partial charge in [0.1, 0.15) is 5.76 Å². The van der Waals surface area contributed by atoms with E-state index in [2.05, 4.69) is 4.74 Å². The molecule has 2 saturated heterocycles. The summed E-state index contributed by atoms with van der Waals surface area (Å²) in [5.41, 5.74) is 0. The first-order valence-corrected chi connectivity index (χ1v) is 4.98. The summed E-state index contributed by atoms with van der Waals surface area (Å²) in [6, 6.07) is -1.06. The SMILES string of the molecule is COC.O=C(O)[C@H]1/C(=C/CO)O[C@@H]2CC(=O)N21. The van der Waals surface area contributed by atoms with Crippen LogP contribution >= 0.6 is 0 Å². The van der Waals surface area contributed by atoms with Crippen molar-refractivity contribution in [2.75, 3.05) is 20.8 Å². The molecule has 96 valence electrons. The number of hydrogen-bond acceptors (Lipinski definition) is 5. The van der Waals surface area contributed by atoms with Gasteiger partial charge in [0.25, 0.3) is 0 Å². The molecule has 1 amide bonds. The molecule has 0 aromatic carbocycles. The molecule has 0 unspecified atom stereocenters. The van der Waals surface area contributed by atoms with Gasteiger partial charge in [-0.25, -0.2) is 4.79 Å². The molecular formula is C10H15NO6. The topological polar surface area (TPSA) is 96.3 Å². The average Bonchev–Trinajstić information content (AvgIpc) is 2.53. The van der Waals surface area contributed by atoms with Crippen LogP contribution < -0.4 is 0 Å². The maximum Gasteiger partial charge on any atom is 0.334 e. The molecule has 2 rings (SSSR count). The van der Waals surface area contributed by atoms with Gasteiger partial charge in [-0.3, -0.25) is 9.69 Å². The van der Waals surface area contributed by atoms with E-state index in [0.29, 0.717) is 0 Å². The van der Waals surface area contributed by atoms with Gasteiger partial charge in [0.05, 0.1) is 13.0 Å². The highest BCUT2D eigenvalue weighted by Crippen LogP contribution is 2.36. The minimum absolute atomic E-state index is 0.149. The third-order valence-corrected chi connectivity index (χ3v) is 2.29. The number of aliphatic carboxylic acids is 1. The van der Waals surface area contributed by atoms with Gasteiger partial charge in [-0.05, 0) is 6.08 Å². The molecule has 2 aliphatic heterocycles. The van der Waals surface area contributed by atoms with Gasteiger partial charge in [0.2, 0.25) is 5.91 Å². The summed E-state index contributed by atoms with van der Waals surface area (Å²) in [5, 5.41) is 17.5. The molecule has 2 aliphatic rings. The van der Waals surface area contributed by atoms with Gasteiger partial charge in [-0.15, -0.1) is 0 Å². The van der Waals surface area contributed by atoms with Gasteiger partial charge in [-0.2, -0.15) is 0 Å². The number of aliphatic hydroxyl groups excluding tert-OH is 1. The molecular weight excluding hydrogens is 230 g/mol. The quantitative estimate of drug-likeness (QED) is 0.616. The van der Waals surface area contributed by atoms with Crippen molar-refractivity contribution in [1.29, 1.82) is 0 Å². The Bertz CT molecular complexity index is 340. The van der Waals surface area contributed by atoms with Crippen LogP contribution in [0.3, 0.4) is 0 Å². The molecule has 7 heteroatoms. The van der Waals surface area contributed by atoms with E-state index >= 15 is 0 Å². The van der Waals surface area contributed by atoms with Crippen LogP contribution in [0, 0.1) is 0 Å². The molecule has 0 aromatic heterocycles. The highest BCUT2D eigenvalue weighted by molar-refractivity contribution is 5.91. The lowest BCUT2D eigenvalue weighted by Gasteiger charge is -2.33. The van der Waals surface area contributed by atoms with Crippen LogP contribution in [0.4, 0.5) is 0 Å². The Hall–Kier alpha value is -1.60. The molecule has 0 saturated carbocycles. The average molecular weight is 245 g/mol. The highest BCUT2D eigenvalue weighted by Gasteiger charge is 2.53. The van der Waals surface area contributed by atoms with Crippen molar-refractivity contribution >= 4 is 11.9 Å². The molecule has 2 heterocycles. The van der Waals surface area contributed by atoms with E-state index in [4.69, 9.17) is 14.9 Å². The first kappa shape index (κ1) is 13.5. The van der Waals surface area contributed by atoms with Crippen molar-refractivity contribution in [3.63, 3.8) is 0 Å². The molecule has 17 heavy (non-hydrogen) atoms. The number of rotatable bonds is 2. The number of carboxylic acid groups (broad SMARTS) is 1. The smallest absolute Gasteiger partial charge is 0.334 e. The second-order valence-corrected chi connectivity index (χ2v) is 3.52. The molecule has 0 bridgehead atoms. The summed E-state index contributed by atoms with van der Waals surface area (Å²) in [4.78, 5) is 23.1. The van der Waals surface area contributed by atoms with Crippen LogP contribution in [0.15, 0.2) is 11.8 Å². The summed E-state index contributed by atoms with van der Waals surface area (Å²) in [6.07, 6.45) is 1.03. The summed E-state index contributed by atoms with van der Waals surface area (Å²) in [6.45, 7) is -0.298. The number of methoxy groups -OCH3 is 1. The van der Waals surface area contributed by atoms with Crippen molar-refractivity contribution in [3.05, 3.63) is 11.8 Å².